The third-order valence-electron chi connectivity index (χ3n) is 4.22. The average molecular weight is 274 g/mol. The maximum Gasteiger partial charge on any atom is 0.116 e. The van der Waals surface area contributed by atoms with Crippen molar-refractivity contribution in [2.75, 3.05) is 0 Å². The van der Waals surface area contributed by atoms with E-state index in [2.05, 4.69) is 6.92 Å². The Bertz CT molecular complexity index is 219. The van der Waals surface area contributed by atoms with Gasteiger partial charge in [-0.25, -0.2) is 0 Å². The highest BCUT2D eigenvalue weighted by Crippen LogP contribution is 2.27. The molecular weight excluding hydrogens is 240 g/mol. The first kappa shape index (κ1) is 18.9. The van der Waals surface area contributed by atoms with Gasteiger partial charge in [0.2, 0.25) is 0 Å². The molecule has 3 N–H and O–H groups in total. The Morgan fingerprint density at radius 3 is 1.63 bits per heavy atom. The summed E-state index contributed by atoms with van der Waals surface area (Å²) in [5, 5.41) is 29.9. The van der Waals surface area contributed by atoms with Crippen molar-refractivity contribution in [2.45, 2.75) is 103 Å². The SMILES string of the molecule is CCCCCCCCCCC(O)C(C)(O)C(C)(C)O. The lowest BCUT2D eigenvalue weighted by atomic mass is 9.81. The van der Waals surface area contributed by atoms with Gasteiger partial charge in [0.1, 0.15) is 5.60 Å². The highest BCUT2D eigenvalue weighted by Gasteiger charge is 2.43. The molecule has 0 saturated carbocycles. The number of rotatable bonds is 11. The van der Waals surface area contributed by atoms with E-state index < -0.39 is 17.3 Å². The predicted molar refractivity (Wildman–Crippen MR) is 80.2 cm³/mol. The summed E-state index contributed by atoms with van der Waals surface area (Å²) in [7, 11) is 0. The zero-order chi connectivity index (χ0) is 14.9. The van der Waals surface area contributed by atoms with Gasteiger partial charge >= 0.3 is 0 Å². The van der Waals surface area contributed by atoms with E-state index in [1.807, 2.05) is 0 Å². The summed E-state index contributed by atoms with van der Waals surface area (Å²) in [5.41, 5.74) is -2.74. The molecule has 0 radical (unpaired) electrons. The summed E-state index contributed by atoms with van der Waals surface area (Å²) in [5.74, 6) is 0. The minimum atomic E-state index is -1.45. The first-order valence-corrected chi connectivity index (χ1v) is 7.86. The molecule has 3 heteroatoms. The van der Waals surface area contributed by atoms with E-state index in [1.165, 1.54) is 59.3 Å². The molecule has 0 aromatic rings. The first-order valence-electron chi connectivity index (χ1n) is 7.86. The summed E-state index contributed by atoms with van der Waals surface area (Å²) in [4.78, 5) is 0. The molecule has 0 heterocycles. The van der Waals surface area contributed by atoms with Crippen LogP contribution in [0.5, 0.6) is 0 Å². The zero-order valence-electron chi connectivity index (χ0n) is 13.3. The smallest absolute Gasteiger partial charge is 0.116 e. The van der Waals surface area contributed by atoms with Gasteiger partial charge in [0.05, 0.1) is 11.7 Å². The Morgan fingerprint density at radius 1 is 0.789 bits per heavy atom. The van der Waals surface area contributed by atoms with Crippen molar-refractivity contribution in [3.8, 4) is 0 Å². The highest BCUT2D eigenvalue weighted by atomic mass is 16.4. The highest BCUT2D eigenvalue weighted by molar-refractivity contribution is 4.95. The largest absolute Gasteiger partial charge is 0.390 e. The van der Waals surface area contributed by atoms with Crippen LogP contribution >= 0.6 is 0 Å². The van der Waals surface area contributed by atoms with Crippen LogP contribution in [0.1, 0.15) is 85.5 Å². The molecule has 116 valence electrons. The Morgan fingerprint density at radius 2 is 1.21 bits per heavy atom. The fourth-order valence-corrected chi connectivity index (χ4v) is 2.16. The number of unbranched alkanes of at least 4 members (excludes halogenated alkanes) is 7. The molecule has 0 aromatic carbocycles. The Kier molecular flexibility index (Phi) is 8.88. The number of aliphatic hydroxyl groups is 3. The van der Waals surface area contributed by atoms with Gasteiger partial charge in [0, 0.05) is 0 Å². The molecule has 0 bridgehead atoms. The molecule has 0 amide bonds. The number of aliphatic hydroxyl groups excluding tert-OH is 1. The van der Waals surface area contributed by atoms with Crippen LogP contribution in [0.3, 0.4) is 0 Å². The summed E-state index contributed by atoms with van der Waals surface area (Å²) in [6.07, 6.45) is 9.36. The Labute approximate surface area is 119 Å². The van der Waals surface area contributed by atoms with Crippen molar-refractivity contribution >= 4 is 0 Å². The number of hydrogen-bond acceptors (Lipinski definition) is 3. The van der Waals surface area contributed by atoms with Crippen LogP contribution in [-0.4, -0.2) is 32.6 Å². The van der Waals surface area contributed by atoms with Crippen LogP contribution < -0.4 is 0 Å². The second-order valence-electron chi connectivity index (χ2n) is 6.49. The van der Waals surface area contributed by atoms with Gasteiger partial charge in [0.15, 0.2) is 0 Å². The molecule has 3 nitrogen and oxygen atoms in total. The van der Waals surface area contributed by atoms with E-state index in [0.29, 0.717) is 6.42 Å². The standard InChI is InChI=1S/C16H34O3/c1-5-6-7-8-9-10-11-12-13-14(17)16(4,19)15(2,3)18/h14,17-19H,5-13H2,1-4H3. The maximum atomic E-state index is 10.1. The third kappa shape index (κ3) is 7.28. The fraction of sp³-hybridized carbons (Fsp3) is 1.00. The van der Waals surface area contributed by atoms with Gasteiger partial charge in [-0.2, -0.15) is 0 Å². The fourth-order valence-electron chi connectivity index (χ4n) is 2.16. The normalized spacial score (nSPS) is 17.2. The lowest BCUT2D eigenvalue weighted by Gasteiger charge is -2.39. The van der Waals surface area contributed by atoms with E-state index in [-0.39, 0.29) is 0 Å². The van der Waals surface area contributed by atoms with E-state index >= 15 is 0 Å². The van der Waals surface area contributed by atoms with E-state index in [9.17, 15) is 15.3 Å². The minimum Gasteiger partial charge on any atom is -0.390 e. The molecule has 2 atom stereocenters. The van der Waals surface area contributed by atoms with Crippen LogP contribution in [-0.2, 0) is 0 Å². The van der Waals surface area contributed by atoms with Crippen molar-refractivity contribution in [3.05, 3.63) is 0 Å². The van der Waals surface area contributed by atoms with Crippen LogP contribution in [0.2, 0.25) is 0 Å². The summed E-state index contributed by atoms with van der Waals surface area (Å²) in [6.45, 7) is 6.78. The molecule has 19 heavy (non-hydrogen) atoms. The van der Waals surface area contributed by atoms with Gasteiger partial charge in [-0.05, 0) is 27.2 Å². The zero-order valence-corrected chi connectivity index (χ0v) is 13.3. The second-order valence-corrected chi connectivity index (χ2v) is 6.49. The van der Waals surface area contributed by atoms with Gasteiger partial charge in [-0.1, -0.05) is 58.3 Å². The molecule has 0 spiro atoms. The van der Waals surface area contributed by atoms with Gasteiger partial charge in [-0.3, -0.25) is 0 Å². The lowest BCUT2D eigenvalue weighted by molar-refractivity contribution is -0.178. The molecule has 0 saturated heterocycles. The van der Waals surface area contributed by atoms with E-state index in [1.54, 1.807) is 0 Å². The second kappa shape index (κ2) is 8.93. The van der Waals surface area contributed by atoms with Gasteiger partial charge in [0.25, 0.3) is 0 Å². The van der Waals surface area contributed by atoms with Gasteiger partial charge in [-0.15, -0.1) is 0 Å². The molecule has 0 aromatic heterocycles. The Balaban J connectivity index is 3.67. The quantitative estimate of drug-likeness (QED) is 0.506. The summed E-state index contributed by atoms with van der Waals surface area (Å²) >= 11 is 0. The molecule has 0 fully saturated rings. The molecular formula is C16H34O3. The predicted octanol–water partition coefficient (Wildman–Crippen LogP) is 3.40. The van der Waals surface area contributed by atoms with E-state index in [0.717, 1.165) is 12.8 Å². The van der Waals surface area contributed by atoms with Crippen molar-refractivity contribution < 1.29 is 15.3 Å². The third-order valence-corrected chi connectivity index (χ3v) is 4.22. The van der Waals surface area contributed by atoms with Crippen LogP contribution in [0.15, 0.2) is 0 Å². The van der Waals surface area contributed by atoms with E-state index in [4.69, 9.17) is 0 Å². The van der Waals surface area contributed by atoms with Crippen molar-refractivity contribution in [1.82, 2.24) is 0 Å². The summed E-state index contributed by atoms with van der Waals surface area (Å²) < 4.78 is 0. The molecule has 0 rings (SSSR count). The summed E-state index contributed by atoms with van der Waals surface area (Å²) in [6, 6.07) is 0. The molecule has 0 aliphatic carbocycles. The molecule has 0 aliphatic rings. The van der Waals surface area contributed by atoms with Crippen molar-refractivity contribution in [1.29, 1.82) is 0 Å². The van der Waals surface area contributed by atoms with Crippen LogP contribution in [0.4, 0.5) is 0 Å². The lowest BCUT2D eigenvalue weighted by Crippen LogP contribution is -2.55. The first-order chi connectivity index (χ1) is 8.73. The monoisotopic (exact) mass is 274 g/mol. The van der Waals surface area contributed by atoms with Crippen molar-refractivity contribution in [2.24, 2.45) is 0 Å². The Hall–Kier alpha value is -0.120. The number of hydrogen-bond donors (Lipinski definition) is 3. The van der Waals surface area contributed by atoms with Crippen LogP contribution in [0.25, 0.3) is 0 Å². The van der Waals surface area contributed by atoms with Crippen molar-refractivity contribution in [3.63, 3.8) is 0 Å². The minimum absolute atomic E-state index is 0.548. The maximum absolute atomic E-state index is 10.1. The van der Waals surface area contributed by atoms with Gasteiger partial charge < -0.3 is 15.3 Å². The topological polar surface area (TPSA) is 60.7 Å². The molecule has 0 aliphatic heterocycles. The molecule has 2 unspecified atom stereocenters. The van der Waals surface area contributed by atoms with Crippen LogP contribution in [0, 0.1) is 0 Å². The average Bonchev–Trinajstić information content (AvgIpc) is 2.30.